The van der Waals surface area contributed by atoms with Crippen LogP contribution in [0.5, 0.6) is 0 Å². The van der Waals surface area contributed by atoms with E-state index in [-0.39, 0.29) is 5.41 Å². The zero-order chi connectivity index (χ0) is 14.3. The lowest BCUT2D eigenvalue weighted by Crippen LogP contribution is -2.31. The molecule has 0 bridgehead atoms. The summed E-state index contributed by atoms with van der Waals surface area (Å²) >= 11 is 0. The zero-order valence-electron chi connectivity index (χ0n) is 13.4. The Hall–Kier alpha value is -0.830. The first-order valence-corrected chi connectivity index (χ1v) is 7.77. The summed E-state index contributed by atoms with van der Waals surface area (Å²) < 4.78 is 2.14. The van der Waals surface area contributed by atoms with Crippen LogP contribution in [-0.4, -0.2) is 22.9 Å². The summed E-state index contributed by atoms with van der Waals surface area (Å²) in [6.07, 6.45) is 6.68. The van der Waals surface area contributed by atoms with Crippen molar-refractivity contribution in [3.8, 4) is 0 Å². The number of nitrogens with one attached hydrogen (secondary N) is 1. The molecule has 1 rings (SSSR count). The maximum Gasteiger partial charge on any atom is 0.0630 e. The van der Waals surface area contributed by atoms with Crippen molar-refractivity contribution in [1.82, 2.24) is 15.1 Å². The van der Waals surface area contributed by atoms with Crippen molar-refractivity contribution in [2.75, 3.05) is 13.1 Å². The van der Waals surface area contributed by atoms with Crippen molar-refractivity contribution < 1.29 is 0 Å². The highest BCUT2D eigenvalue weighted by molar-refractivity contribution is 5.03. The number of rotatable bonds is 9. The fourth-order valence-corrected chi connectivity index (χ4v) is 2.49. The Morgan fingerprint density at radius 3 is 2.53 bits per heavy atom. The molecule has 0 spiro atoms. The van der Waals surface area contributed by atoms with Crippen molar-refractivity contribution >= 4 is 0 Å². The highest BCUT2D eigenvalue weighted by atomic mass is 15.3. The molecule has 0 atom stereocenters. The van der Waals surface area contributed by atoms with Crippen molar-refractivity contribution in [3.63, 3.8) is 0 Å². The van der Waals surface area contributed by atoms with E-state index in [1.54, 1.807) is 0 Å². The molecule has 0 saturated carbocycles. The Bertz CT molecular complexity index is 351. The largest absolute Gasteiger partial charge is 0.316 e. The fourth-order valence-electron chi connectivity index (χ4n) is 2.49. The molecule has 3 heteroatoms. The van der Waals surface area contributed by atoms with Crippen molar-refractivity contribution in [2.45, 2.75) is 66.3 Å². The van der Waals surface area contributed by atoms with Crippen LogP contribution in [-0.2, 0) is 6.42 Å². The van der Waals surface area contributed by atoms with E-state index in [2.05, 4.69) is 56.9 Å². The first-order valence-electron chi connectivity index (χ1n) is 7.77. The second kappa shape index (κ2) is 7.68. The molecule has 0 aliphatic carbocycles. The number of aromatic nitrogens is 2. The van der Waals surface area contributed by atoms with E-state index in [0.29, 0.717) is 6.04 Å². The molecular formula is C16H31N3. The van der Waals surface area contributed by atoms with E-state index < -0.39 is 0 Å². The fraction of sp³-hybridized carbons (Fsp3) is 0.812. The minimum Gasteiger partial charge on any atom is -0.316 e. The van der Waals surface area contributed by atoms with Crippen LogP contribution in [0.3, 0.4) is 0 Å². The maximum atomic E-state index is 4.75. The molecule has 0 fully saturated rings. The zero-order valence-corrected chi connectivity index (χ0v) is 13.4. The molecule has 1 aromatic heterocycles. The quantitative estimate of drug-likeness (QED) is 0.688. The average molecular weight is 265 g/mol. The van der Waals surface area contributed by atoms with Crippen molar-refractivity contribution in [3.05, 3.63) is 18.0 Å². The highest BCUT2D eigenvalue weighted by Crippen LogP contribution is 2.21. The Kier molecular flexibility index (Phi) is 6.56. The van der Waals surface area contributed by atoms with E-state index >= 15 is 0 Å². The van der Waals surface area contributed by atoms with Gasteiger partial charge in [0.05, 0.1) is 11.7 Å². The van der Waals surface area contributed by atoms with Gasteiger partial charge in [-0.05, 0) is 43.7 Å². The van der Waals surface area contributed by atoms with Gasteiger partial charge >= 0.3 is 0 Å². The van der Waals surface area contributed by atoms with Crippen LogP contribution in [0.1, 0.15) is 65.6 Å². The summed E-state index contributed by atoms with van der Waals surface area (Å²) in [6.45, 7) is 13.4. The summed E-state index contributed by atoms with van der Waals surface area (Å²) in [6, 6.07) is 2.73. The van der Waals surface area contributed by atoms with Gasteiger partial charge in [0, 0.05) is 12.7 Å². The first-order chi connectivity index (χ1) is 9.02. The molecule has 0 aromatic carbocycles. The molecule has 110 valence electrons. The van der Waals surface area contributed by atoms with E-state index in [4.69, 9.17) is 5.10 Å². The Morgan fingerprint density at radius 2 is 1.95 bits per heavy atom. The van der Waals surface area contributed by atoms with Crippen LogP contribution in [0.4, 0.5) is 0 Å². The minimum atomic E-state index is 0.266. The molecule has 0 aliphatic rings. The monoisotopic (exact) mass is 265 g/mol. The molecule has 1 N–H and O–H groups in total. The predicted octanol–water partition coefficient (Wildman–Crippen LogP) is 3.81. The maximum absolute atomic E-state index is 4.75. The van der Waals surface area contributed by atoms with Gasteiger partial charge < -0.3 is 5.32 Å². The third-order valence-corrected chi connectivity index (χ3v) is 3.67. The van der Waals surface area contributed by atoms with E-state index in [1.807, 2.05) is 0 Å². The summed E-state index contributed by atoms with van der Waals surface area (Å²) in [5.41, 5.74) is 1.48. The number of hydrogen-bond acceptors (Lipinski definition) is 2. The van der Waals surface area contributed by atoms with Gasteiger partial charge in [0.2, 0.25) is 0 Å². The first kappa shape index (κ1) is 16.2. The second-order valence-electron chi connectivity index (χ2n) is 6.28. The van der Waals surface area contributed by atoms with Gasteiger partial charge in [0.25, 0.3) is 0 Å². The smallest absolute Gasteiger partial charge is 0.0630 e. The second-order valence-corrected chi connectivity index (χ2v) is 6.28. The lowest BCUT2D eigenvalue weighted by Gasteiger charge is -2.24. The molecule has 0 saturated heterocycles. The summed E-state index contributed by atoms with van der Waals surface area (Å²) in [5.74, 6) is 0. The van der Waals surface area contributed by atoms with Crippen LogP contribution < -0.4 is 5.32 Å². The van der Waals surface area contributed by atoms with Gasteiger partial charge in [0.15, 0.2) is 0 Å². The summed E-state index contributed by atoms with van der Waals surface area (Å²) in [7, 11) is 0. The Balaban J connectivity index is 2.56. The summed E-state index contributed by atoms with van der Waals surface area (Å²) in [5, 5.41) is 8.27. The molecule has 1 heterocycles. The normalized spacial score (nSPS) is 12.3. The third-order valence-electron chi connectivity index (χ3n) is 3.67. The van der Waals surface area contributed by atoms with E-state index in [1.165, 1.54) is 12.1 Å². The van der Waals surface area contributed by atoms with Gasteiger partial charge in [0.1, 0.15) is 0 Å². The Morgan fingerprint density at radius 1 is 1.26 bits per heavy atom. The van der Waals surface area contributed by atoms with Gasteiger partial charge in [-0.25, -0.2) is 0 Å². The standard InChI is InChI=1S/C16H31N3/c1-6-10-17-13-16(4,5)12-14-9-11-19(18-14)15(7-2)8-3/h9,11,15,17H,6-8,10,12-13H2,1-5H3. The Labute approximate surface area is 118 Å². The van der Waals surface area contributed by atoms with Crippen LogP contribution in [0.15, 0.2) is 12.3 Å². The molecule has 0 amide bonds. The number of hydrogen-bond donors (Lipinski definition) is 1. The molecule has 1 aromatic rings. The topological polar surface area (TPSA) is 29.9 Å². The third kappa shape index (κ3) is 5.35. The van der Waals surface area contributed by atoms with Crippen LogP contribution in [0.25, 0.3) is 0 Å². The van der Waals surface area contributed by atoms with Crippen molar-refractivity contribution in [2.24, 2.45) is 5.41 Å². The lowest BCUT2D eigenvalue weighted by atomic mass is 9.88. The van der Waals surface area contributed by atoms with Gasteiger partial charge in [-0.2, -0.15) is 5.10 Å². The molecule has 0 unspecified atom stereocenters. The highest BCUT2D eigenvalue weighted by Gasteiger charge is 2.20. The molecule has 3 nitrogen and oxygen atoms in total. The molecule has 0 aliphatic heterocycles. The predicted molar refractivity (Wildman–Crippen MR) is 82.5 cm³/mol. The SMILES string of the molecule is CCCNCC(C)(C)Cc1ccn(C(CC)CC)n1. The molecule has 19 heavy (non-hydrogen) atoms. The van der Waals surface area contributed by atoms with Gasteiger partial charge in [-0.1, -0.05) is 34.6 Å². The average Bonchev–Trinajstić information content (AvgIpc) is 2.78. The molecule has 0 radical (unpaired) electrons. The van der Waals surface area contributed by atoms with Gasteiger partial charge in [-0.3, -0.25) is 4.68 Å². The lowest BCUT2D eigenvalue weighted by molar-refractivity contribution is 0.331. The van der Waals surface area contributed by atoms with E-state index in [9.17, 15) is 0 Å². The minimum absolute atomic E-state index is 0.266. The van der Waals surface area contributed by atoms with Crippen LogP contribution in [0.2, 0.25) is 0 Å². The van der Waals surface area contributed by atoms with Crippen LogP contribution in [0, 0.1) is 5.41 Å². The summed E-state index contributed by atoms with van der Waals surface area (Å²) in [4.78, 5) is 0. The van der Waals surface area contributed by atoms with Crippen molar-refractivity contribution in [1.29, 1.82) is 0 Å². The van der Waals surface area contributed by atoms with Crippen LogP contribution >= 0.6 is 0 Å². The molecular weight excluding hydrogens is 234 g/mol. The van der Waals surface area contributed by atoms with E-state index in [0.717, 1.165) is 32.4 Å². The van der Waals surface area contributed by atoms with Gasteiger partial charge in [-0.15, -0.1) is 0 Å². The number of nitrogens with zero attached hydrogens (tertiary/aromatic N) is 2.